The molecule has 2 atom stereocenters. The first kappa shape index (κ1) is 21.8. The number of nitrogens with two attached hydrogens (primary N) is 1. The molecule has 1 saturated heterocycles. The Hall–Kier alpha value is -3.39. The van der Waals surface area contributed by atoms with Crippen LogP contribution in [0.2, 0.25) is 0 Å². The van der Waals surface area contributed by atoms with E-state index in [4.69, 9.17) is 10.5 Å². The number of hydrogen-bond acceptors (Lipinski definition) is 8. The summed E-state index contributed by atoms with van der Waals surface area (Å²) in [5.41, 5.74) is 7.34. The van der Waals surface area contributed by atoms with Crippen LogP contribution in [0.1, 0.15) is 40.0 Å². The molecule has 10 nitrogen and oxygen atoms in total. The van der Waals surface area contributed by atoms with Gasteiger partial charge < -0.3 is 20.5 Å². The van der Waals surface area contributed by atoms with Crippen LogP contribution in [0.5, 0.6) is 5.75 Å². The van der Waals surface area contributed by atoms with Crippen LogP contribution in [0.4, 0.5) is 16.4 Å². The van der Waals surface area contributed by atoms with E-state index in [0.717, 1.165) is 25.1 Å². The quantitative estimate of drug-likeness (QED) is 0.528. The molecular weight excluding hydrogens is 412 g/mol. The van der Waals surface area contributed by atoms with Crippen molar-refractivity contribution in [3.05, 3.63) is 40.7 Å². The number of aliphatic hydroxyl groups is 1. The molecule has 166 valence electrons. The number of ether oxygens (including phenoxy) is 1. The average molecular weight is 437 g/mol. The highest BCUT2D eigenvalue weighted by molar-refractivity contribution is 5.93. The number of aliphatic hydroxyl groups excluding tert-OH is 1. The molecule has 4 heterocycles. The van der Waals surface area contributed by atoms with Gasteiger partial charge in [0.15, 0.2) is 6.29 Å². The number of urea groups is 1. The fourth-order valence-electron chi connectivity index (χ4n) is 4.50. The molecule has 2 amide bonds. The van der Waals surface area contributed by atoms with Gasteiger partial charge in [0.1, 0.15) is 35.7 Å². The SMILES string of the molecule is CN1CCC(Oc2cc([N+]3(C(N)=O)CCCc4cc(CO)c(C=O)nc43)ncc2C#N)C1. The van der Waals surface area contributed by atoms with E-state index in [1.54, 1.807) is 12.1 Å². The minimum Gasteiger partial charge on any atom is -0.487 e. The van der Waals surface area contributed by atoms with Crippen molar-refractivity contribution in [2.45, 2.75) is 32.0 Å². The molecule has 2 aliphatic heterocycles. The van der Waals surface area contributed by atoms with Crippen molar-refractivity contribution < 1.29 is 19.4 Å². The number of amides is 2. The summed E-state index contributed by atoms with van der Waals surface area (Å²) < 4.78 is 5.63. The molecular formula is C22H25N6O4+. The summed E-state index contributed by atoms with van der Waals surface area (Å²) in [7, 11) is 2.00. The maximum Gasteiger partial charge on any atom is 0.426 e. The fraction of sp³-hybridized carbons (Fsp3) is 0.409. The zero-order chi connectivity index (χ0) is 22.9. The number of likely N-dealkylation sites (N-methyl/N-ethyl adjacent to an activating group) is 1. The van der Waals surface area contributed by atoms with Crippen LogP contribution in [0, 0.1) is 11.3 Å². The number of rotatable bonds is 5. The number of nitriles is 1. The lowest BCUT2D eigenvalue weighted by Gasteiger charge is -2.35. The average Bonchev–Trinajstić information content (AvgIpc) is 3.21. The maximum atomic E-state index is 12.9. The van der Waals surface area contributed by atoms with Crippen LogP contribution >= 0.6 is 0 Å². The Morgan fingerprint density at radius 2 is 2.31 bits per heavy atom. The van der Waals surface area contributed by atoms with Gasteiger partial charge in [0.05, 0.1) is 18.9 Å². The first-order valence-electron chi connectivity index (χ1n) is 10.5. The Bertz CT molecular complexity index is 1110. The van der Waals surface area contributed by atoms with Gasteiger partial charge in [-0.1, -0.05) is 0 Å². The monoisotopic (exact) mass is 437 g/mol. The number of pyridine rings is 2. The lowest BCUT2D eigenvalue weighted by atomic mass is 9.99. The van der Waals surface area contributed by atoms with E-state index >= 15 is 0 Å². The van der Waals surface area contributed by atoms with Gasteiger partial charge in [0.2, 0.25) is 11.6 Å². The topological polar surface area (TPSA) is 142 Å². The largest absolute Gasteiger partial charge is 0.487 e. The van der Waals surface area contributed by atoms with Gasteiger partial charge in [-0.05, 0) is 26.0 Å². The molecule has 32 heavy (non-hydrogen) atoms. The van der Waals surface area contributed by atoms with Crippen molar-refractivity contribution in [1.29, 1.82) is 5.26 Å². The molecule has 0 aromatic carbocycles. The number of fused-ring (bicyclic) bond motifs is 1. The van der Waals surface area contributed by atoms with Crippen molar-refractivity contribution >= 4 is 24.0 Å². The van der Waals surface area contributed by atoms with Crippen molar-refractivity contribution in [2.24, 2.45) is 5.73 Å². The predicted molar refractivity (Wildman–Crippen MR) is 115 cm³/mol. The normalized spacial score (nSPS) is 22.7. The van der Waals surface area contributed by atoms with Crippen LogP contribution < -0.4 is 15.0 Å². The van der Waals surface area contributed by atoms with Crippen LogP contribution in [-0.2, 0) is 13.0 Å². The Morgan fingerprint density at radius 3 is 2.94 bits per heavy atom. The number of likely N-dealkylation sites (tertiary alicyclic amines) is 1. The highest BCUT2D eigenvalue weighted by Crippen LogP contribution is 2.41. The van der Waals surface area contributed by atoms with E-state index in [1.165, 1.54) is 6.20 Å². The van der Waals surface area contributed by atoms with Gasteiger partial charge in [-0.3, -0.25) is 4.79 Å². The van der Waals surface area contributed by atoms with E-state index in [0.29, 0.717) is 42.8 Å². The first-order valence-corrected chi connectivity index (χ1v) is 10.5. The number of nitrogens with zero attached hydrogens (tertiary/aromatic N) is 5. The Labute approximate surface area is 185 Å². The number of quaternary nitrogens is 1. The van der Waals surface area contributed by atoms with Crippen LogP contribution in [-0.4, -0.2) is 65.1 Å². The number of aromatic nitrogens is 2. The summed E-state index contributed by atoms with van der Waals surface area (Å²) in [6, 6.07) is 4.67. The second kappa shape index (κ2) is 8.63. The van der Waals surface area contributed by atoms with Crippen molar-refractivity contribution in [3.8, 4) is 11.8 Å². The van der Waals surface area contributed by atoms with Crippen LogP contribution in [0.25, 0.3) is 0 Å². The van der Waals surface area contributed by atoms with Gasteiger partial charge in [-0.25, -0.2) is 9.78 Å². The zero-order valence-corrected chi connectivity index (χ0v) is 17.8. The van der Waals surface area contributed by atoms with Crippen molar-refractivity contribution in [1.82, 2.24) is 19.4 Å². The number of aryl methyl sites for hydroxylation is 1. The Morgan fingerprint density at radius 1 is 1.50 bits per heavy atom. The lowest BCUT2D eigenvalue weighted by Crippen LogP contribution is -2.56. The molecule has 0 aliphatic carbocycles. The second-order valence-electron chi connectivity index (χ2n) is 8.21. The fourth-order valence-corrected chi connectivity index (χ4v) is 4.50. The molecule has 0 radical (unpaired) electrons. The highest BCUT2D eigenvalue weighted by atomic mass is 16.5. The third-order valence-corrected chi connectivity index (χ3v) is 6.16. The van der Waals surface area contributed by atoms with E-state index in [2.05, 4.69) is 20.9 Å². The third-order valence-electron chi connectivity index (χ3n) is 6.16. The molecule has 2 aromatic heterocycles. The molecule has 1 fully saturated rings. The number of hydrogen-bond donors (Lipinski definition) is 2. The summed E-state index contributed by atoms with van der Waals surface area (Å²) in [5, 5.41) is 19.1. The van der Waals surface area contributed by atoms with Crippen molar-refractivity contribution in [3.63, 3.8) is 0 Å². The van der Waals surface area contributed by atoms with Crippen LogP contribution in [0.3, 0.4) is 0 Å². The van der Waals surface area contributed by atoms with Gasteiger partial charge in [0.25, 0.3) is 0 Å². The van der Waals surface area contributed by atoms with E-state index < -0.39 is 10.5 Å². The highest BCUT2D eigenvalue weighted by Gasteiger charge is 2.48. The number of carbonyl (C=O) groups is 2. The van der Waals surface area contributed by atoms with E-state index in [1.807, 2.05) is 7.05 Å². The minimum atomic E-state index is -0.698. The predicted octanol–water partition coefficient (Wildman–Crippen LogP) is 1.40. The van der Waals surface area contributed by atoms with Gasteiger partial charge in [-0.15, -0.1) is 4.48 Å². The van der Waals surface area contributed by atoms with Gasteiger partial charge >= 0.3 is 6.03 Å². The standard InChI is InChI=1S/C22H24N6O4/c1-27-5-4-17(11-27)32-19-8-20(25-10-16(19)9-23)28(22(24)31)6-2-3-14-7-15(12-29)18(13-30)26-21(14)28/h7-8,10,13,17,29H,2-6,11-12H2,1H3,(H-,24,31)/p+1. The van der Waals surface area contributed by atoms with Gasteiger partial charge in [-0.2, -0.15) is 10.2 Å². The number of aldehydes is 1. The Kier molecular flexibility index (Phi) is 5.88. The molecule has 10 heteroatoms. The molecule has 2 aliphatic rings. The zero-order valence-electron chi connectivity index (χ0n) is 17.8. The summed E-state index contributed by atoms with van der Waals surface area (Å²) in [4.78, 5) is 35.4. The summed E-state index contributed by atoms with van der Waals surface area (Å²) >= 11 is 0. The summed E-state index contributed by atoms with van der Waals surface area (Å²) in [5.74, 6) is 0.929. The first-order chi connectivity index (χ1) is 15.4. The van der Waals surface area contributed by atoms with E-state index in [9.17, 15) is 20.0 Å². The number of carbonyl (C=O) groups excluding carboxylic acids is 2. The van der Waals surface area contributed by atoms with Crippen molar-refractivity contribution in [2.75, 3.05) is 26.7 Å². The second-order valence-corrected chi connectivity index (χ2v) is 8.21. The lowest BCUT2D eigenvalue weighted by molar-refractivity contribution is 0.111. The molecule has 0 bridgehead atoms. The maximum absolute atomic E-state index is 12.9. The smallest absolute Gasteiger partial charge is 0.426 e. The minimum absolute atomic E-state index is 0.0519. The van der Waals surface area contributed by atoms with Crippen LogP contribution in [0.15, 0.2) is 18.3 Å². The van der Waals surface area contributed by atoms with Gasteiger partial charge in [0, 0.05) is 30.6 Å². The number of primary amides is 1. The molecule has 2 aromatic rings. The van der Waals surface area contributed by atoms with E-state index in [-0.39, 0.29) is 29.8 Å². The molecule has 2 unspecified atom stereocenters. The summed E-state index contributed by atoms with van der Waals surface area (Å²) in [6.45, 7) is 1.59. The molecule has 0 saturated carbocycles. The molecule has 0 spiro atoms. The molecule has 4 rings (SSSR count). The third kappa shape index (κ3) is 3.60. The molecule has 3 N–H and O–H groups in total. The Balaban J connectivity index is 1.86. The summed E-state index contributed by atoms with van der Waals surface area (Å²) in [6.07, 6.45) is 3.91.